The second-order valence-corrected chi connectivity index (χ2v) is 19.4. The first-order valence-electron chi connectivity index (χ1n) is 28.5. The molecule has 0 saturated heterocycles. The Balaban J connectivity index is 0.00000140. The number of nitrogens with zero attached hydrogens (tertiary/aromatic N) is 2. The van der Waals surface area contributed by atoms with Gasteiger partial charge in [0.05, 0.1) is 26.4 Å². The van der Waals surface area contributed by atoms with Crippen LogP contribution in [0.15, 0.2) is 59.7 Å². The van der Waals surface area contributed by atoms with Gasteiger partial charge in [-0.25, -0.2) is 9.59 Å². The van der Waals surface area contributed by atoms with E-state index in [2.05, 4.69) is 13.8 Å². The number of benzene rings is 2. The van der Waals surface area contributed by atoms with Crippen LogP contribution >= 0.6 is 0 Å². The molecule has 0 spiro atoms. The van der Waals surface area contributed by atoms with Crippen LogP contribution in [0.1, 0.15) is 244 Å². The zero-order valence-corrected chi connectivity index (χ0v) is 46.9. The van der Waals surface area contributed by atoms with Crippen LogP contribution < -0.4 is 9.47 Å². The van der Waals surface area contributed by atoms with Crippen molar-refractivity contribution in [3.05, 3.63) is 81.6 Å². The standard InChI is InChI=1S/2C31H48NO4.Cu/c2*1-3-4-5-6-7-8-9-10-11-12-13-14-15-16-17-18-24-35-29-21-19-28(20-22-29)23-25-36-31(34)30(26-32)27(2)33;/h2*19-22H,3-18,23-25H2,1-2H3;/q2*-1;+2. The Morgan fingerprint density at radius 3 is 0.822 bits per heavy atom. The predicted molar refractivity (Wildman–Crippen MR) is 297 cm³/mol. The summed E-state index contributed by atoms with van der Waals surface area (Å²) in [6.07, 6.45) is 44.5. The van der Waals surface area contributed by atoms with Gasteiger partial charge in [-0.05, 0) is 62.1 Å². The molecule has 11 heteroatoms. The first-order valence-corrected chi connectivity index (χ1v) is 28.5. The fraction of sp³-hybridized carbons (Fsp3) is 0.677. The van der Waals surface area contributed by atoms with E-state index in [1.54, 1.807) is 11.7 Å². The molecule has 0 saturated carbocycles. The SMILES string of the molecule is CCCCCCCCCCCCCCCCCCOc1ccc(CCOC(=O)C(=C=[N-])C(C)=O)cc1.CCCCCCCCCCCCCCCCCCOc1ccc(CCOC(=O)C(=C=[N-])C(C)=O)cc1.[Cu+2]. The summed E-state index contributed by atoms with van der Waals surface area (Å²) in [5, 5.41) is 17.6. The minimum atomic E-state index is -0.858. The van der Waals surface area contributed by atoms with E-state index in [4.69, 9.17) is 29.8 Å². The van der Waals surface area contributed by atoms with E-state index in [1.807, 2.05) is 48.5 Å². The van der Waals surface area contributed by atoms with Gasteiger partial charge in [0.2, 0.25) is 0 Å². The van der Waals surface area contributed by atoms with Crippen LogP contribution in [0.2, 0.25) is 0 Å². The van der Waals surface area contributed by atoms with Gasteiger partial charge in [-0.15, -0.1) is 0 Å². The Labute approximate surface area is 453 Å². The maximum atomic E-state index is 11.7. The van der Waals surface area contributed by atoms with E-state index in [-0.39, 0.29) is 30.3 Å². The largest absolute Gasteiger partial charge is 2.00 e. The number of Topliss-reactive ketones (excluding diaryl/α,β-unsaturated/α-hetero) is 2. The molecule has 1 radical (unpaired) electrons. The molecule has 0 atom stereocenters. The third-order valence-electron chi connectivity index (χ3n) is 13.0. The summed E-state index contributed by atoms with van der Waals surface area (Å²) in [4.78, 5) is 45.7. The van der Waals surface area contributed by atoms with Crippen molar-refractivity contribution in [2.45, 2.75) is 246 Å². The fourth-order valence-corrected chi connectivity index (χ4v) is 8.39. The van der Waals surface area contributed by atoms with Crippen LogP contribution in [-0.2, 0) is 58.6 Å². The number of ketones is 2. The number of carbonyl (C=O) groups is 4. The number of rotatable bonds is 46. The van der Waals surface area contributed by atoms with Gasteiger partial charge in [0.1, 0.15) is 22.6 Å². The van der Waals surface area contributed by atoms with Gasteiger partial charge in [0.25, 0.3) is 0 Å². The van der Waals surface area contributed by atoms with Crippen molar-refractivity contribution in [2.24, 2.45) is 0 Å². The van der Waals surface area contributed by atoms with Crippen molar-refractivity contribution in [3.63, 3.8) is 0 Å². The van der Waals surface area contributed by atoms with Crippen molar-refractivity contribution in [3.8, 4) is 11.5 Å². The monoisotopic (exact) mass is 1060 g/mol. The number of hydrogen-bond donors (Lipinski definition) is 0. The van der Waals surface area contributed by atoms with Crippen molar-refractivity contribution < 1.29 is 55.2 Å². The van der Waals surface area contributed by atoms with Crippen molar-refractivity contribution in [1.82, 2.24) is 0 Å². The van der Waals surface area contributed by atoms with Crippen LogP contribution in [0.25, 0.3) is 10.8 Å². The summed E-state index contributed by atoms with van der Waals surface area (Å²) < 4.78 is 21.7. The maximum absolute atomic E-state index is 11.7. The van der Waals surface area contributed by atoms with Gasteiger partial charge in [-0.3, -0.25) is 21.3 Å². The molecule has 0 bridgehead atoms. The van der Waals surface area contributed by atoms with Crippen LogP contribution in [0.4, 0.5) is 0 Å². The van der Waals surface area contributed by atoms with Gasteiger partial charge in [-0.2, -0.15) is 0 Å². The quantitative estimate of drug-likeness (QED) is 0.0121. The molecule has 0 aliphatic rings. The first-order chi connectivity index (χ1) is 35.2. The number of hydrogen-bond acceptors (Lipinski definition) is 8. The van der Waals surface area contributed by atoms with Crippen LogP contribution in [-0.4, -0.2) is 61.7 Å². The molecule has 0 aliphatic carbocycles. The van der Waals surface area contributed by atoms with Crippen LogP contribution in [0, 0.1) is 0 Å². The molecule has 2 aromatic carbocycles. The molecule has 2 rings (SSSR count). The maximum Gasteiger partial charge on any atom is 2.00 e. The molecule has 0 unspecified atom stereocenters. The molecule has 0 heterocycles. The molecule has 0 aromatic heterocycles. The molecule has 0 fully saturated rings. The summed E-state index contributed by atoms with van der Waals surface area (Å²) in [7, 11) is 0. The van der Waals surface area contributed by atoms with E-state index in [0.717, 1.165) is 48.7 Å². The summed E-state index contributed by atoms with van der Waals surface area (Å²) in [6, 6.07) is 15.5. The zero-order valence-electron chi connectivity index (χ0n) is 46.0. The van der Waals surface area contributed by atoms with Crippen molar-refractivity contribution >= 4 is 35.2 Å². The molecular formula is C62H96CuN2O8. The second kappa shape index (κ2) is 49.9. The Kier molecular flexibility index (Phi) is 47.0. The number of ether oxygens (including phenoxy) is 4. The molecule has 10 nitrogen and oxygen atoms in total. The van der Waals surface area contributed by atoms with Crippen molar-refractivity contribution in [2.75, 3.05) is 26.4 Å². The molecule has 73 heavy (non-hydrogen) atoms. The van der Waals surface area contributed by atoms with Gasteiger partial charge in [-0.1, -0.05) is 231 Å². The molecular weight excluding hydrogens is 964 g/mol. The minimum absolute atomic E-state index is 0. The average molecular weight is 1060 g/mol. The zero-order chi connectivity index (χ0) is 52.5. The van der Waals surface area contributed by atoms with Gasteiger partial charge in [0.15, 0.2) is 11.6 Å². The molecule has 0 N–H and O–H groups in total. The minimum Gasteiger partial charge on any atom is -0.762 e. The van der Waals surface area contributed by atoms with Crippen molar-refractivity contribution in [1.29, 1.82) is 0 Å². The number of esters is 2. The smallest absolute Gasteiger partial charge is 0.762 e. The van der Waals surface area contributed by atoms with E-state index in [9.17, 15) is 19.2 Å². The average Bonchev–Trinajstić information content (AvgIpc) is 3.37. The molecule has 2 aromatic rings. The van der Waals surface area contributed by atoms with E-state index in [1.165, 1.54) is 206 Å². The first kappa shape index (κ1) is 68.7. The van der Waals surface area contributed by atoms with Gasteiger partial charge in [0, 0.05) is 12.8 Å². The Hall–Kier alpha value is -4.26. The third-order valence-corrected chi connectivity index (χ3v) is 13.0. The van der Waals surface area contributed by atoms with E-state index in [0.29, 0.717) is 12.8 Å². The Morgan fingerprint density at radius 1 is 0.370 bits per heavy atom. The van der Waals surface area contributed by atoms with Crippen LogP contribution in [0.3, 0.4) is 0 Å². The second-order valence-electron chi connectivity index (χ2n) is 19.4. The summed E-state index contributed by atoms with van der Waals surface area (Å²) in [6.45, 7) is 8.61. The summed E-state index contributed by atoms with van der Waals surface area (Å²) in [5.74, 6) is 2.00. The van der Waals surface area contributed by atoms with E-state index < -0.39 is 34.7 Å². The normalized spacial score (nSPS) is 10.5. The number of unbranched alkanes of at least 4 members (excludes halogenated alkanes) is 30. The molecule has 0 amide bonds. The Morgan fingerprint density at radius 2 is 0.603 bits per heavy atom. The predicted octanol–water partition coefficient (Wildman–Crippen LogP) is 16.3. The fourth-order valence-electron chi connectivity index (χ4n) is 8.39. The number of carbonyl (C=O) groups excluding carboxylic acids is 4. The van der Waals surface area contributed by atoms with Gasteiger partial charge >= 0.3 is 29.0 Å². The summed E-state index contributed by atoms with van der Waals surface area (Å²) >= 11 is 0. The van der Waals surface area contributed by atoms with Crippen LogP contribution in [0.5, 0.6) is 11.5 Å². The Bertz CT molecular complexity index is 1670. The van der Waals surface area contributed by atoms with Gasteiger partial charge < -0.3 is 29.8 Å². The van der Waals surface area contributed by atoms with E-state index >= 15 is 0 Å². The third kappa shape index (κ3) is 39.8. The summed E-state index contributed by atoms with van der Waals surface area (Å²) in [5.41, 5.74) is 1.07. The molecule has 0 aliphatic heterocycles. The topological polar surface area (TPSA) is 150 Å². The molecule has 413 valence electrons.